The molecule has 0 bridgehead atoms. The van der Waals surface area contributed by atoms with Crippen LogP contribution in [0.4, 0.5) is 0 Å². The van der Waals surface area contributed by atoms with E-state index in [9.17, 15) is 0 Å². The zero-order valence-electron chi connectivity index (χ0n) is 8.73. The third kappa shape index (κ3) is 1.43. The van der Waals surface area contributed by atoms with Gasteiger partial charge in [0, 0.05) is 18.4 Å². The Balaban J connectivity index is 2.31. The van der Waals surface area contributed by atoms with E-state index in [0.717, 1.165) is 12.4 Å². The SMILES string of the molecule is Cc1ccc(C)n1Cc1nncn1C. The van der Waals surface area contributed by atoms with Crippen molar-refractivity contribution < 1.29 is 0 Å². The van der Waals surface area contributed by atoms with Gasteiger partial charge in [-0.1, -0.05) is 0 Å². The lowest BCUT2D eigenvalue weighted by atomic mass is 10.4. The van der Waals surface area contributed by atoms with Gasteiger partial charge in [-0.05, 0) is 26.0 Å². The average molecular weight is 190 g/mol. The second kappa shape index (κ2) is 3.29. The molecule has 0 aliphatic carbocycles. The molecular formula is C10H14N4. The Morgan fingerprint density at radius 1 is 1.21 bits per heavy atom. The first kappa shape index (κ1) is 8.99. The first-order chi connectivity index (χ1) is 6.68. The van der Waals surface area contributed by atoms with Crippen LogP contribution in [0.25, 0.3) is 0 Å². The summed E-state index contributed by atoms with van der Waals surface area (Å²) < 4.78 is 4.17. The molecule has 0 saturated heterocycles. The highest BCUT2D eigenvalue weighted by Gasteiger charge is 2.05. The fraction of sp³-hybridized carbons (Fsp3) is 0.400. The van der Waals surface area contributed by atoms with Gasteiger partial charge in [-0.3, -0.25) is 0 Å². The summed E-state index contributed by atoms with van der Waals surface area (Å²) in [5.41, 5.74) is 2.51. The third-order valence-electron chi connectivity index (χ3n) is 2.52. The molecule has 0 aliphatic heterocycles. The maximum atomic E-state index is 4.07. The molecule has 2 rings (SSSR count). The molecule has 2 heterocycles. The van der Waals surface area contributed by atoms with Crippen molar-refractivity contribution in [3.63, 3.8) is 0 Å². The minimum atomic E-state index is 0.793. The molecule has 0 unspecified atom stereocenters. The van der Waals surface area contributed by atoms with Crippen LogP contribution in [0.1, 0.15) is 17.2 Å². The van der Waals surface area contributed by atoms with E-state index in [1.165, 1.54) is 11.4 Å². The number of aromatic nitrogens is 4. The Bertz CT molecular complexity index is 419. The normalized spacial score (nSPS) is 10.8. The summed E-state index contributed by atoms with van der Waals surface area (Å²) in [4.78, 5) is 0. The minimum absolute atomic E-state index is 0.793. The molecule has 0 atom stereocenters. The van der Waals surface area contributed by atoms with Crippen molar-refractivity contribution in [1.29, 1.82) is 0 Å². The second-order valence-corrected chi connectivity index (χ2v) is 3.56. The van der Waals surface area contributed by atoms with Gasteiger partial charge in [0.15, 0.2) is 5.82 Å². The summed E-state index contributed by atoms with van der Waals surface area (Å²) in [5.74, 6) is 0.979. The van der Waals surface area contributed by atoms with E-state index in [2.05, 4.69) is 40.7 Å². The fourth-order valence-corrected chi connectivity index (χ4v) is 1.54. The molecule has 4 heteroatoms. The number of aryl methyl sites for hydroxylation is 3. The quantitative estimate of drug-likeness (QED) is 0.715. The number of hydrogen-bond acceptors (Lipinski definition) is 2. The van der Waals surface area contributed by atoms with Gasteiger partial charge in [-0.15, -0.1) is 10.2 Å². The molecule has 0 saturated carbocycles. The monoisotopic (exact) mass is 190 g/mol. The third-order valence-corrected chi connectivity index (χ3v) is 2.52. The van der Waals surface area contributed by atoms with Crippen molar-refractivity contribution in [2.24, 2.45) is 7.05 Å². The molecule has 0 amide bonds. The lowest BCUT2D eigenvalue weighted by Crippen LogP contribution is -2.08. The summed E-state index contributed by atoms with van der Waals surface area (Å²) in [6.07, 6.45) is 1.73. The molecule has 0 aliphatic rings. The van der Waals surface area contributed by atoms with Gasteiger partial charge < -0.3 is 9.13 Å². The van der Waals surface area contributed by atoms with Gasteiger partial charge in [0.1, 0.15) is 6.33 Å². The topological polar surface area (TPSA) is 35.6 Å². The van der Waals surface area contributed by atoms with Gasteiger partial charge in [0.2, 0.25) is 0 Å². The van der Waals surface area contributed by atoms with Crippen molar-refractivity contribution in [1.82, 2.24) is 19.3 Å². The average Bonchev–Trinajstić information content (AvgIpc) is 2.67. The molecule has 2 aromatic rings. The number of nitrogens with zero attached hydrogens (tertiary/aromatic N) is 4. The molecule has 4 nitrogen and oxygen atoms in total. The van der Waals surface area contributed by atoms with E-state index in [0.29, 0.717) is 0 Å². The fourth-order valence-electron chi connectivity index (χ4n) is 1.54. The molecule has 0 spiro atoms. The molecule has 0 aromatic carbocycles. The molecule has 0 radical (unpaired) electrons. The maximum Gasteiger partial charge on any atom is 0.152 e. The Labute approximate surface area is 83.2 Å². The lowest BCUT2D eigenvalue weighted by Gasteiger charge is -2.07. The van der Waals surface area contributed by atoms with Crippen LogP contribution in [-0.4, -0.2) is 19.3 Å². The van der Waals surface area contributed by atoms with Crippen LogP contribution < -0.4 is 0 Å². The van der Waals surface area contributed by atoms with Gasteiger partial charge in [-0.25, -0.2) is 0 Å². The van der Waals surface area contributed by atoms with Crippen LogP contribution in [0, 0.1) is 13.8 Å². The maximum absolute atomic E-state index is 4.07. The Hall–Kier alpha value is -1.58. The van der Waals surface area contributed by atoms with Crippen molar-refractivity contribution in [3.8, 4) is 0 Å². The van der Waals surface area contributed by atoms with E-state index in [1.54, 1.807) is 6.33 Å². The van der Waals surface area contributed by atoms with E-state index >= 15 is 0 Å². The van der Waals surface area contributed by atoms with Gasteiger partial charge in [0.05, 0.1) is 6.54 Å². The van der Waals surface area contributed by atoms with Crippen LogP contribution >= 0.6 is 0 Å². The molecule has 0 fully saturated rings. The van der Waals surface area contributed by atoms with E-state index in [1.807, 2.05) is 11.6 Å². The summed E-state index contributed by atoms with van der Waals surface area (Å²) in [7, 11) is 1.96. The zero-order chi connectivity index (χ0) is 10.1. The Kier molecular flexibility index (Phi) is 2.11. The lowest BCUT2D eigenvalue weighted by molar-refractivity contribution is 0.672. The van der Waals surface area contributed by atoms with Crippen molar-refractivity contribution >= 4 is 0 Å². The van der Waals surface area contributed by atoms with Crippen LogP contribution in [-0.2, 0) is 13.6 Å². The Morgan fingerprint density at radius 3 is 2.36 bits per heavy atom. The minimum Gasteiger partial charge on any atom is -0.342 e. The smallest absolute Gasteiger partial charge is 0.152 e. The standard InChI is InChI=1S/C10H14N4/c1-8-4-5-9(2)14(8)6-10-12-11-7-13(10)3/h4-5,7H,6H2,1-3H3. The van der Waals surface area contributed by atoms with Crippen molar-refractivity contribution in [3.05, 3.63) is 35.7 Å². The molecule has 0 N–H and O–H groups in total. The predicted octanol–water partition coefficient (Wildman–Crippen LogP) is 1.28. The van der Waals surface area contributed by atoms with E-state index in [-0.39, 0.29) is 0 Å². The highest BCUT2D eigenvalue weighted by Crippen LogP contribution is 2.09. The number of hydrogen-bond donors (Lipinski definition) is 0. The zero-order valence-corrected chi connectivity index (χ0v) is 8.73. The van der Waals surface area contributed by atoms with Gasteiger partial charge in [0.25, 0.3) is 0 Å². The van der Waals surface area contributed by atoms with Crippen LogP contribution in [0.5, 0.6) is 0 Å². The molecular weight excluding hydrogens is 176 g/mol. The van der Waals surface area contributed by atoms with Gasteiger partial charge in [-0.2, -0.15) is 0 Å². The summed E-state index contributed by atoms with van der Waals surface area (Å²) in [5, 5.41) is 7.93. The van der Waals surface area contributed by atoms with E-state index < -0.39 is 0 Å². The van der Waals surface area contributed by atoms with Crippen LogP contribution in [0.2, 0.25) is 0 Å². The predicted molar refractivity (Wildman–Crippen MR) is 54.0 cm³/mol. The highest BCUT2D eigenvalue weighted by molar-refractivity contribution is 5.14. The van der Waals surface area contributed by atoms with Crippen LogP contribution in [0.3, 0.4) is 0 Å². The second-order valence-electron chi connectivity index (χ2n) is 3.56. The molecule has 74 valence electrons. The number of rotatable bonds is 2. The van der Waals surface area contributed by atoms with Crippen molar-refractivity contribution in [2.75, 3.05) is 0 Å². The van der Waals surface area contributed by atoms with E-state index in [4.69, 9.17) is 0 Å². The largest absolute Gasteiger partial charge is 0.342 e. The van der Waals surface area contributed by atoms with Crippen molar-refractivity contribution in [2.45, 2.75) is 20.4 Å². The van der Waals surface area contributed by atoms with Crippen LogP contribution in [0.15, 0.2) is 18.5 Å². The molecule has 2 aromatic heterocycles. The highest BCUT2D eigenvalue weighted by atomic mass is 15.3. The first-order valence-electron chi connectivity index (χ1n) is 4.64. The summed E-state index contributed by atoms with van der Waals surface area (Å²) in [6, 6.07) is 4.23. The molecule has 14 heavy (non-hydrogen) atoms. The Morgan fingerprint density at radius 2 is 1.86 bits per heavy atom. The first-order valence-corrected chi connectivity index (χ1v) is 4.64. The van der Waals surface area contributed by atoms with Gasteiger partial charge >= 0.3 is 0 Å². The summed E-state index contributed by atoms with van der Waals surface area (Å²) in [6.45, 7) is 4.99. The summed E-state index contributed by atoms with van der Waals surface area (Å²) >= 11 is 0.